The van der Waals surface area contributed by atoms with Crippen LogP contribution in [0.2, 0.25) is 0 Å². The number of amides is 1. The lowest BCUT2D eigenvalue weighted by Crippen LogP contribution is -2.36. The summed E-state index contributed by atoms with van der Waals surface area (Å²) in [6, 6.07) is 6.37. The Bertz CT molecular complexity index is 663. The third kappa shape index (κ3) is 4.10. The molecule has 0 aromatic heterocycles. The van der Waals surface area contributed by atoms with Crippen LogP contribution in [0.25, 0.3) is 0 Å². The van der Waals surface area contributed by atoms with Gasteiger partial charge >= 0.3 is 0 Å². The van der Waals surface area contributed by atoms with E-state index in [-0.39, 0.29) is 22.9 Å². The molecule has 7 heteroatoms. The average molecular weight is 337 g/mol. The second-order valence-corrected chi connectivity index (χ2v) is 8.01. The van der Waals surface area contributed by atoms with Gasteiger partial charge in [0.1, 0.15) is 0 Å². The molecule has 1 aromatic rings. The van der Waals surface area contributed by atoms with Crippen molar-refractivity contribution in [2.24, 2.45) is 0 Å². The summed E-state index contributed by atoms with van der Waals surface area (Å²) >= 11 is 0. The van der Waals surface area contributed by atoms with Crippen molar-refractivity contribution >= 4 is 15.9 Å². The minimum atomic E-state index is -3.57. The van der Waals surface area contributed by atoms with E-state index >= 15 is 0 Å². The highest BCUT2D eigenvalue weighted by molar-refractivity contribution is 7.89. The fraction of sp³-hybridized carbons (Fsp3) is 0.562. The van der Waals surface area contributed by atoms with Gasteiger partial charge in [-0.05, 0) is 44.0 Å². The quantitative estimate of drug-likeness (QED) is 0.748. The largest absolute Gasteiger partial charge is 0.348 e. The Morgan fingerprint density at radius 2 is 1.91 bits per heavy atom. The number of hydrogen-bond acceptors (Lipinski definition) is 4. The first-order valence-electron chi connectivity index (χ1n) is 8.18. The second kappa shape index (κ2) is 6.98. The molecule has 1 saturated heterocycles. The van der Waals surface area contributed by atoms with Crippen LogP contribution in [-0.4, -0.2) is 39.5 Å². The van der Waals surface area contributed by atoms with Gasteiger partial charge in [-0.3, -0.25) is 4.79 Å². The van der Waals surface area contributed by atoms with Crippen LogP contribution in [0.5, 0.6) is 0 Å². The zero-order valence-electron chi connectivity index (χ0n) is 13.0. The van der Waals surface area contributed by atoms with E-state index in [2.05, 4.69) is 15.4 Å². The third-order valence-corrected chi connectivity index (χ3v) is 6.00. The van der Waals surface area contributed by atoms with E-state index in [9.17, 15) is 13.2 Å². The topological polar surface area (TPSA) is 87.3 Å². The van der Waals surface area contributed by atoms with Gasteiger partial charge in [-0.25, -0.2) is 13.1 Å². The normalized spacial score (nSPS) is 22.3. The minimum absolute atomic E-state index is 0.0158. The van der Waals surface area contributed by atoms with Crippen molar-refractivity contribution in [1.29, 1.82) is 0 Å². The van der Waals surface area contributed by atoms with Crippen molar-refractivity contribution in [1.82, 2.24) is 15.4 Å². The Balaban J connectivity index is 1.71. The zero-order chi connectivity index (χ0) is 16.3. The van der Waals surface area contributed by atoms with Gasteiger partial charge in [-0.1, -0.05) is 18.9 Å². The van der Waals surface area contributed by atoms with E-state index in [0.29, 0.717) is 5.56 Å². The summed E-state index contributed by atoms with van der Waals surface area (Å²) < 4.78 is 27.7. The summed E-state index contributed by atoms with van der Waals surface area (Å²) in [4.78, 5) is 12.4. The highest BCUT2D eigenvalue weighted by atomic mass is 32.2. The molecule has 2 aliphatic rings. The molecule has 6 nitrogen and oxygen atoms in total. The van der Waals surface area contributed by atoms with E-state index in [4.69, 9.17) is 0 Å². The number of hydrogen-bond donors (Lipinski definition) is 3. The molecule has 1 saturated carbocycles. The first-order valence-corrected chi connectivity index (χ1v) is 9.67. The van der Waals surface area contributed by atoms with Gasteiger partial charge < -0.3 is 10.6 Å². The van der Waals surface area contributed by atoms with Crippen molar-refractivity contribution in [2.45, 2.75) is 49.1 Å². The molecule has 1 amide bonds. The van der Waals surface area contributed by atoms with E-state index < -0.39 is 10.0 Å². The smallest absolute Gasteiger partial charge is 0.251 e. The number of carbonyl (C=O) groups excluding carboxylic acids is 1. The van der Waals surface area contributed by atoms with Crippen LogP contribution in [0.3, 0.4) is 0 Å². The molecule has 3 rings (SSSR count). The van der Waals surface area contributed by atoms with E-state index in [0.717, 1.165) is 45.2 Å². The molecule has 0 bridgehead atoms. The third-order valence-electron chi connectivity index (χ3n) is 4.48. The van der Waals surface area contributed by atoms with Crippen LogP contribution in [0, 0.1) is 0 Å². The highest BCUT2D eigenvalue weighted by Gasteiger charge is 2.24. The Hall–Kier alpha value is -1.44. The van der Waals surface area contributed by atoms with Crippen molar-refractivity contribution in [3.63, 3.8) is 0 Å². The van der Waals surface area contributed by atoms with Gasteiger partial charge in [0.05, 0.1) is 4.90 Å². The van der Waals surface area contributed by atoms with Gasteiger partial charge in [0, 0.05) is 24.2 Å². The van der Waals surface area contributed by atoms with Crippen LogP contribution in [-0.2, 0) is 10.0 Å². The van der Waals surface area contributed by atoms with Crippen molar-refractivity contribution in [3.05, 3.63) is 29.8 Å². The summed E-state index contributed by atoms with van der Waals surface area (Å²) in [6.45, 7) is 1.65. The van der Waals surface area contributed by atoms with Gasteiger partial charge in [-0.2, -0.15) is 0 Å². The summed E-state index contributed by atoms with van der Waals surface area (Å²) in [5.41, 5.74) is 0.381. The van der Waals surface area contributed by atoms with Gasteiger partial charge in [0.2, 0.25) is 10.0 Å². The van der Waals surface area contributed by atoms with Crippen molar-refractivity contribution < 1.29 is 13.2 Å². The average Bonchev–Trinajstić information content (AvgIpc) is 3.21. The minimum Gasteiger partial charge on any atom is -0.348 e. The van der Waals surface area contributed by atoms with E-state index in [1.807, 2.05) is 0 Å². The predicted molar refractivity (Wildman–Crippen MR) is 87.8 cm³/mol. The fourth-order valence-corrected chi connectivity index (χ4v) is 4.53. The molecule has 23 heavy (non-hydrogen) atoms. The summed E-state index contributed by atoms with van der Waals surface area (Å²) in [5.74, 6) is -0.225. The highest BCUT2D eigenvalue weighted by Crippen LogP contribution is 2.21. The monoisotopic (exact) mass is 337 g/mol. The molecule has 1 aliphatic carbocycles. The number of carbonyl (C=O) groups is 1. The van der Waals surface area contributed by atoms with E-state index in [1.165, 1.54) is 12.1 Å². The van der Waals surface area contributed by atoms with Crippen molar-refractivity contribution in [3.8, 4) is 0 Å². The molecule has 3 N–H and O–H groups in total. The van der Waals surface area contributed by atoms with Crippen LogP contribution in [0.1, 0.15) is 42.5 Å². The molecular weight excluding hydrogens is 314 g/mol. The number of sulfonamides is 1. The maximum atomic E-state index is 12.5. The van der Waals surface area contributed by atoms with Crippen LogP contribution >= 0.6 is 0 Å². The van der Waals surface area contributed by atoms with Crippen molar-refractivity contribution in [2.75, 3.05) is 13.1 Å². The summed E-state index contributed by atoms with van der Waals surface area (Å²) in [6.07, 6.45) is 4.78. The van der Waals surface area contributed by atoms with Gasteiger partial charge in [-0.15, -0.1) is 0 Å². The molecule has 0 spiro atoms. The Kier molecular flexibility index (Phi) is 4.99. The molecule has 1 aliphatic heterocycles. The SMILES string of the molecule is O=C(NC1CCNC1)c1cccc(S(=O)(=O)NC2CCCC2)c1. The molecule has 1 heterocycles. The second-order valence-electron chi connectivity index (χ2n) is 6.29. The first-order chi connectivity index (χ1) is 11.0. The van der Waals surface area contributed by atoms with Crippen LogP contribution in [0.15, 0.2) is 29.2 Å². The lowest BCUT2D eigenvalue weighted by atomic mass is 10.2. The fourth-order valence-electron chi connectivity index (χ4n) is 3.18. The molecule has 1 unspecified atom stereocenters. The molecule has 1 atom stereocenters. The van der Waals surface area contributed by atoms with Crippen LogP contribution in [0.4, 0.5) is 0 Å². The lowest BCUT2D eigenvalue weighted by molar-refractivity contribution is 0.0940. The predicted octanol–water partition coefficient (Wildman–Crippen LogP) is 0.999. The first kappa shape index (κ1) is 16.4. The molecule has 1 aromatic carbocycles. The zero-order valence-corrected chi connectivity index (χ0v) is 13.9. The number of rotatable bonds is 5. The number of benzene rings is 1. The van der Waals surface area contributed by atoms with E-state index in [1.54, 1.807) is 12.1 Å². The Morgan fingerprint density at radius 1 is 1.13 bits per heavy atom. The maximum Gasteiger partial charge on any atom is 0.251 e. The lowest BCUT2D eigenvalue weighted by Gasteiger charge is -2.14. The molecule has 126 valence electrons. The molecule has 0 radical (unpaired) electrons. The van der Waals surface area contributed by atoms with Gasteiger partial charge in [0.15, 0.2) is 0 Å². The number of nitrogens with one attached hydrogen (secondary N) is 3. The van der Waals surface area contributed by atoms with Gasteiger partial charge in [0.25, 0.3) is 5.91 Å². The summed E-state index contributed by atoms with van der Waals surface area (Å²) in [5, 5.41) is 6.11. The standard InChI is InChI=1S/C16H23N3O3S/c20-16(18-14-8-9-17-11-14)12-4-3-7-15(10-12)23(21,22)19-13-5-1-2-6-13/h3-4,7,10,13-14,17,19H,1-2,5-6,8-9,11H2,(H,18,20). The Labute approximate surface area is 137 Å². The molecule has 2 fully saturated rings. The maximum absolute atomic E-state index is 12.5. The Morgan fingerprint density at radius 3 is 2.61 bits per heavy atom. The molecular formula is C16H23N3O3S. The summed E-state index contributed by atoms with van der Waals surface area (Å²) in [7, 11) is -3.57. The van der Waals surface area contributed by atoms with Crippen LogP contribution < -0.4 is 15.4 Å².